The van der Waals surface area contributed by atoms with E-state index in [1.165, 1.54) is 0 Å². The molecule has 3 aromatic carbocycles. The number of nitrogens with zero attached hydrogens (tertiary/aromatic N) is 2. The van der Waals surface area contributed by atoms with E-state index in [1.54, 1.807) is 4.52 Å². The van der Waals surface area contributed by atoms with Crippen molar-refractivity contribution in [1.29, 1.82) is 0 Å². The van der Waals surface area contributed by atoms with Crippen molar-refractivity contribution < 1.29 is 4.52 Å². The molecule has 4 heteroatoms. The lowest BCUT2D eigenvalue weighted by Crippen LogP contribution is -2.37. The Labute approximate surface area is 167 Å². The average Bonchev–Trinajstić information content (AvgIpc) is 2.80. The minimum Gasteiger partial charge on any atom is -0.296 e. The predicted molar refractivity (Wildman–Crippen MR) is 114 cm³/mol. The molecule has 5 rings (SSSR count). The molecule has 0 saturated heterocycles. The van der Waals surface area contributed by atoms with E-state index >= 15 is 0 Å². The standard InChI is InChI=1S/C25H17N3O/c29-25-23-17-21(18-10-4-1-5-11-18)16-22(19-12-6-2-7-13-19)28(23)27-24(26-25)20-14-8-3-9-15-20/h1-17H/p+1. The first kappa shape index (κ1) is 17.1. The van der Waals surface area contributed by atoms with Crippen LogP contribution in [0.15, 0.2) is 108 Å². The summed E-state index contributed by atoms with van der Waals surface area (Å²) in [6.07, 6.45) is 0. The van der Waals surface area contributed by atoms with Crippen molar-refractivity contribution in [2.75, 3.05) is 0 Å². The summed E-state index contributed by atoms with van der Waals surface area (Å²) in [7, 11) is 0. The first-order valence-corrected chi connectivity index (χ1v) is 9.46. The summed E-state index contributed by atoms with van der Waals surface area (Å²) in [4.78, 5) is 16.0. The summed E-state index contributed by atoms with van der Waals surface area (Å²) in [6, 6.07) is 33.7. The van der Waals surface area contributed by atoms with Crippen molar-refractivity contribution in [3.8, 4) is 33.8 Å². The number of H-pyrrole nitrogens is 1. The molecule has 0 aliphatic carbocycles. The van der Waals surface area contributed by atoms with Crippen molar-refractivity contribution in [3.05, 3.63) is 113 Å². The molecule has 29 heavy (non-hydrogen) atoms. The summed E-state index contributed by atoms with van der Waals surface area (Å²) in [5, 5.41) is 4.78. The second-order valence-electron chi connectivity index (χ2n) is 6.83. The maximum atomic E-state index is 13.0. The highest BCUT2D eigenvalue weighted by Crippen LogP contribution is 2.24. The second kappa shape index (κ2) is 7.17. The molecule has 2 aromatic heterocycles. The van der Waals surface area contributed by atoms with Gasteiger partial charge in [0.2, 0.25) is 11.5 Å². The van der Waals surface area contributed by atoms with Crippen molar-refractivity contribution >= 4 is 5.52 Å². The number of pyridine rings is 1. The third-order valence-electron chi connectivity index (χ3n) is 4.93. The van der Waals surface area contributed by atoms with Crippen molar-refractivity contribution in [2.45, 2.75) is 0 Å². The fraction of sp³-hybridized carbons (Fsp3) is 0. The van der Waals surface area contributed by atoms with Gasteiger partial charge in [-0.3, -0.25) is 9.78 Å². The smallest absolute Gasteiger partial charge is 0.296 e. The van der Waals surface area contributed by atoms with E-state index in [9.17, 15) is 4.79 Å². The van der Waals surface area contributed by atoms with Gasteiger partial charge < -0.3 is 0 Å². The topological polar surface area (TPSA) is 49.9 Å². The van der Waals surface area contributed by atoms with E-state index in [2.05, 4.69) is 11.1 Å². The third-order valence-corrected chi connectivity index (χ3v) is 4.93. The van der Waals surface area contributed by atoms with Crippen LogP contribution >= 0.6 is 0 Å². The van der Waals surface area contributed by atoms with Gasteiger partial charge in [0, 0.05) is 28.4 Å². The SMILES string of the molecule is O=c1[nH]c(-c2ccccc2)n[n+]2c(-c3ccccc3)cc(-c3ccccc3)cc12. The number of aromatic amines is 1. The van der Waals surface area contributed by atoms with Crippen LogP contribution < -0.4 is 10.1 Å². The number of nitrogens with one attached hydrogen (secondary N) is 1. The minimum absolute atomic E-state index is 0.172. The molecule has 0 aliphatic heterocycles. The fourth-order valence-corrected chi connectivity index (χ4v) is 3.49. The zero-order valence-corrected chi connectivity index (χ0v) is 15.6. The van der Waals surface area contributed by atoms with Crippen LogP contribution in [0.4, 0.5) is 0 Å². The maximum Gasteiger partial charge on any atom is 0.324 e. The summed E-state index contributed by atoms with van der Waals surface area (Å²) in [6.45, 7) is 0. The molecule has 4 nitrogen and oxygen atoms in total. The number of rotatable bonds is 3. The van der Waals surface area contributed by atoms with Crippen LogP contribution in [0.3, 0.4) is 0 Å². The minimum atomic E-state index is -0.172. The molecular formula is C25H18N3O+. The molecule has 0 atom stereocenters. The molecule has 0 aliphatic rings. The molecule has 0 unspecified atom stereocenters. The molecular weight excluding hydrogens is 358 g/mol. The Hall–Kier alpha value is -4.05. The zero-order chi connectivity index (χ0) is 19.6. The van der Waals surface area contributed by atoms with Crippen molar-refractivity contribution in [3.63, 3.8) is 0 Å². The Morgan fingerprint density at radius 1 is 0.621 bits per heavy atom. The van der Waals surface area contributed by atoms with Gasteiger partial charge in [-0.25, -0.2) is 0 Å². The van der Waals surface area contributed by atoms with E-state index in [-0.39, 0.29) is 5.56 Å². The quantitative estimate of drug-likeness (QED) is 0.471. The van der Waals surface area contributed by atoms with Crippen LogP contribution in [0.25, 0.3) is 39.3 Å². The maximum absolute atomic E-state index is 13.0. The van der Waals surface area contributed by atoms with E-state index in [0.717, 1.165) is 27.9 Å². The summed E-state index contributed by atoms with van der Waals surface area (Å²) in [5.74, 6) is 0.540. The molecule has 2 heterocycles. The lowest BCUT2D eigenvalue weighted by atomic mass is 10.0. The van der Waals surface area contributed by atoms with E-state index in [0.29, 0.717) is 11.3 Å². The average molecular weight is 376 g/mol. The second-order valence-corrected chi connectivity index (χ2v) is 6.83. The normalized spacial score (nSPS) is 10.9. The first-order chi connectivity index (χ1) is 14.3. The molecule has 5 aromatic rings. The number of hydrogen-bond donors (Lipinski definition) is 1. The van der Waals surface area contributed by atoms with Gasteiger partial charge >= 0.3 is 11.1 Å². The number of aromatic nitrogens is 3. The molecule has 0 radical (unpaired) electrons. The Bertz CT molecular complexity index is 1350. The van der Waals surface area contributed by atoms with Gasteiger partial charge in [0.25, 0.3) is 0 Å². The van der Waals surface area contributed by atoms with Crippen LogP contribution in [0.2, 0.25) is 0 Å². The molecule has 0 amide bonds. The Kier molecular flexibility index (Phi) is 4.22. The van der Waals surface area contributed by atoms with Crippen LogP contribution in [0.1, 0.15) is 0 Å². The lowest BCUT2D eigenvalue weighted by molar-refractivity contribution is -0.569. The molecule has 0 spiro atoms. The largest absolute Gasteiger partial charge is 0.324 e. The van der Waals surface area contributed by atoms with Crippen LogP contribution in [0, 0.1) is 0 Å². The van der Waals surface area contributed by atoms with Gasteiger partial charge in [0.1, 0.15) is 0 Å². The van der Waals surface area contributed by atoms with Crippen molar-refractivity contribution in [1.82, 2.24) is 10.1 Å². The lowest BCUT2D eigenvalue weighted by Gasteiger charge is -2.05. The number of hydrogen-bond acceptors (Lipinski definition) is 2. The van der Waals surface area contributed by atoms with E-state index in [1.807, 2.05) is 97.1 Å². The van der Waals surface area contributed by atoms with Gasteiger partial charge in [0.05, 0.1) is 0 Å². The molecule has 0 fully saturated rings. The summed E-state index contributed by atoms with van der Waals surface area (Å²) in [5.41, 5.74) is 5.09. The van der Waals surface area contributed by atoms with Crippen LogP contribution in [0.5, 0.6) is 0 Å². The molecule has 138 valence electrons. The van der Waals surface area contributed by atoms with Crippen LogP contribution in [-0.4, -0.2) is 10.1 Å². The molecule has 0 saturated carbocycles. The van der Waals surface area contributed by atoms with E-state index in [4.69, 9.17) is 5.10 Å². The number of benzene rings is 3. The first-order valence-electron chi connectivity index (χ1n) is 9.46. The highest BCUT2D eigenvalue weighted by atomic mass is 16.1. The third kappa shape index (κ3) is 3.21. The molecule has 0 bridgehead atoms. The van der Waals surface area contributed by atoms with Gasteiger partial charge in [-0.05, 0) is 27.8 Å². The van der Waals surface area contributed by atoms with Crippen molar-refractivity contribution in [2.24, 2.45) is 0 Å². The molecule has 1 N–H and O–H groups in total. The predicted octanol–water partition coefficient (Wildman–Crippen LogP) is 4.51. The highest BCUT2D eigenvalue weighted by molar-refractivity contribution is 5.72. The zero-order valence-electron chi connectivity index (χ0n) is 15.6. The van der Waals surface area contributed by atoms with Gasteiger partial charge in [-0.1, -0.05) is 78.9 Å². The Morgan fingerprint density at radius 3 is 1.79 bits per heavy atom. The Morgan fingerprint density at radius 2 is 1.17 bits per heavy atom. The Balaban J connectivity index is 1.84. The highest BCUT2D eigenvalue weighted by Gasteiger charge is 2.22. The van der Waals surface area contributed by atoms with E-state index < -0.39 is 0 Å². The van der Waals surface area contributed by atoms with Gasteiger partial charge in [-0.2, -0.15) is 0 Å². The summed E-state index contributed by atoms with van der Waals surface area (Å²) < 4.78 is 1.74. The summed E-state index contributed by atoms with van der Waals surface area (Å²) >= 11 is 0. The van der Waals surface area contributed by atoms with Crippen LogP contribution in [-0.2, 0) is 0 Å². The fourth-order valence-electron chi connectivity index (χ4n) is 3.49. The van der Waals surface area contributed by atoms with Gasteiger partial charge in [0.15, 0.2) is 0 Å². The number of fused-ring (bicyclic) bond motifs is 1. The monoisotopic (exact) mass is 376 g/mol. The van der Waals surface area contributed by atoms with Gasteiger partial charge in [-0.15, -0.1) is 0 Å².